The largest absolute Gasteiger partial charge is 0.347 e. The van der Waals surface area contributed by atoms with Crippen LogP contribution in [0.15, 0.2) is 30.6 Å². The molecule has 0 bridgehead atoms. The summed E-state index contributed by atoms with van der Waals surface area (Å²) in [5, 5.41) is 3.51. The van der Waals surface area contributed by atoms with Crippen LogP contribution in [0.4, 0.5) is 4.39 Å². The van der Waals surface area contributed by atoms with Crippen LogP contribution in [0, 0.1) is 5.82 Å². The van der Waals surface area contributed by atoms with E-state index in [1.807, 2.05) is 26.1 Å². The van der Waals surface area contributed by atoms with Gasteiger partial charge in [-0.15, -0.1) is 0 Å². The Kier molecular flexibility index (Phi) is 4.03. The first-order chi connectivity index (χ1) is 10.1. The molecule has 4 nitrogen and oxygen atoms in total. The number of aromatic nitrogens is 2. The standard InChI is InChI=1S/C16H21FN4/c1-11(13-5-3-4-6-14(13)17)21(2)9-12-7-15-16(8-18-12)20-10-19-15/h3-6,10-12,18H,7-9H2,1-2H3,(H,19,20). The maximum Gasteiger partial charge on any atom is 0.127 e. The first-order valence-electron chi connectivity index (χ1n) is 7.34. The van der Waals surface area contributed by atoms with Gasteiger partial charge in [-0.1, -0.05) is 18.2 Å². The Balaban J connectivity index is 1.64. The molecule has 1 aromatic heterocycles. The summed E-state index contributed by atoms with van der Waals surface area (Å²) in [6.45, 7) is 3.73. The molecule has 0 saturated carbocycles. The Bertz CT molecular complexity index is 610. The number of benzene rings is 1. The molecule has 2 N–H and O–H groups in total. The second kappa shape index (κ2) is 5.95. The fourth-order valence-corrected chi connectivity index (χ4v) is 2.92. The second-order valence-electron chi connectivity index (χ2n) is 5.75. The minimum absolute atomic E-state index is 0.0496. The third-order valence-corrected chi connectivity index (χ3v) is 4.34. The number of hydrogen-bond acceptors (Lipinski definition) is 3. The molecule has 21 heavy (non-hydrogen) atoms. The van der Waals surface area contributed by atoms with E-state index in [9.17, 15) is 4.39 Å². The molecule has 0 aliphatic carbocycles. The van der Waals surface area contributed by atoms with Gasteiger partial charge >= 0.3 is 0 Å². The predicted octanol–water partition coefficient (Wildman–Crippen LogP) is 2.26. The van der Waals surface area contributed by atoms with Crippen molar-refractivity contribution in [3.63, 3.8) is 0 Å². The number of nitrogens with one attached hydrogen (secondary N) is 2. The van der Waals surface area contributed by atoms with Crippen LogP contribution >= 0.6 is 0 Å². The number of H-pyrrole nitrogens is 1. The summed E-state index contributed by atoms with van der Waals surface area (Å²) < 4.78 is 13.9. The third kappa shape index (κ3) is 2.99. The molecule has 2 heterocycles. The first kappa shape index (κ1) is 14.2. The zero-order valence-corrected chi connectivity index (χ0v) is 12.4. The van der Waals surface area contributed by atoms with Gasteiger partial charge in [0.25, 0.3) is 0 Å². The van der Waals surface area contributed by atoms with Crippen molar-refractivity contribution in [3.8, 4) is 0 Å². The molecular weight excluding hydrogens is 267 g/mol. The first-order valence-corrected chi connectivity index (χ1v) is 7.34. The van der Waals surface area contributed by atoms with Crippen LogP contribution in [0.1, 0.15) is 29.9 Å². The molecule has 0 spiro atoms. The minimum atomic E-state index is -0.136. The highest BCUT2D eigenvalue weighted by Crippen LogP contribution is 2.22. The van der Waals surface area contributed by atoms with E-state index in [0.717, 1.165) is 30.8 Å². The van der Waals surface area contributed by atoms with Crippen molar-refractivity contribution in [1.29, 1.82) is 0 Å². The van der Waals surface area contributed by atoms with Gasteiger partial charge in [0.15, 0.2) is 0 Å². The maximum absolute atomic E-state index is 13.9. The van der Waals surface area contributed by atoms with E-state index in [1.165, 1.54) is 11.8 Å². The average Bonchev–Trinajstić information content (AvgIpc) is 2.94. The Morgan fingerprint density at radius 3 is 3.05 bits per heavy atom. The number of fused-ring (bicyclic) bond motifs is 1. The molecule has 1 aromatic carbocycles. The smallest absolute Gasteiger partial charge is 0.127 e. The fourth-order valence-electron chi connectivity index (χ4n) is 2.92. The van der Waals surface area contributed by atoms with Gasteiger partial charge in [0, 0.05) is 37.2 Å². The summed E-state index contributed by atoms with van der Waals surface area (Å²) in [6, 6.07) is 7.39. The van der Waals surface area contributed by atoms with Crippen molar-refractivity contribution in [1.82, 2.24) is 20.2 Å². The van der Waals surface area contributed by atoms with Crippen LogP contribution in [0.5, 0.6) is 0 Å². The monoisotopic (exact) mass is 288 g/mol. The zero-order valence-electron chi connectivity index (χ0n) is 12.4. The highest BCUT2D eigenvalue weighted by Gasteiger charge is 2.23. The molecule has 0 radical (unpaired) electrons. The normalized spacial score (nSPS) is 19.5. The van der Waals surface area contributed by atoms with Crippen LogP contribution in [-0.4, -0.2) is 34.5 Å². The molecule has 1 aliphatic heterocycles. The fraction of sp³-hybridized carbons (Fsp3) is 0.438. The highest BCUT2D eigenvalue weighted by atomic mass is 19.1. The van der Waals surface area contributed by atoms with Gasteiger partial charge in [0.2, 0.25) is 0 Å². The summed E-state index contributed by atoms with van der Waals surface area (Å²) in [5.74, 6) is -0.136. The number of likely N-dealkylation sites (N-methyl/N-ethyl adjacent to an activating group) is 1. The van der Waals surface area contributed by atoms with Crippen molar-refractivity contribution in [2.75, 3.05) is 13.6 Å². The van der Waals surface area contributed by atoms with Crippen LogP contribution in [-0.2, 0) is 13.0 Å². The Morgan fingerprint density at radius 1 is 1.43 bits per heavy atom. The van der Waals surface area contributed by atoms with Crippen LogP contribution < -0.4 is 5.32 Å². The van der Waals surface area contributed by atoms with Gasteiger partial charge in [0.1, 0.15) is 5.82 Å². The number of rotatable bonds is 4. The van der Waals surface area contributed by atoms with E-state index < -0.39 is 0 Å². The molecule has 0 fully saturated rings. The third-order valence-electron chi connectivity index (χ3n) is 4.34. The molecule has 112 valence electrons. The van der Waals surface area contributed by atoms with Gasteiger partial charge < -0.3 is 10.3 Å². The molecule has 5 heteroatoms. The molecule has 2 atom stereocenters. The Morgan fingerprint density at radius 2 is 2.24 bits per heavy atom. The van der Waals surface area contributed by atoms with Gasteiger partial charge in [-0.05, 0) is 20.0 Å². The molecule has 1 aliphatic rings. The summed E-state index contributed by atoms with van der Waals surface area (Å²) in [7, 11) is 2.04. The molecule has 3 rings (SSSR count). The quantitative estimate of drug-likeness (QED) is 0.907. The second-order valence-corrected chi connectivity index (χ2v) is 5.75. The summed E-state index contributed by atoms with van der Waals surface area (Å²) >= 11 is 0. The van der Waals surface area contributed by atoms with E-state index in [-0.39, 0.29) is 11.9 Å². The SMILES string of the molecule is CC(c1ccccc1F)N(C)CC1Cc2nc[nH]c2CN1. The minimum Gasteiger partial charge on any atom is -0.347 e. The van der Waals surface area contributed by atoms with E-state index in [2.05, 4.69) is 20.2 Å². The van der Waals surface area contributed by atoms with Crippen molar-refractivity contribution < 1.29 is 4.39 Å². The summed E-state index contributed by atoms with van der Waals surface area (Å²) in [4.78, 5) is 9.70. The lowest BCUT2D eigenvalue weighted by Crippen LogP contribution is -2.44. The molecule has 2 unspecified atom stereocenters. The van der Waals surface area contributed by atoms with Crippen LogP contribution in [0.25, 0.3) is 0 Å². The Hall–Kier alpha value is -1.72. The molecule has 0 amide bonds. The molecule has 2 aromatic rings. The van der Waals surface area contributed by atoms with E-state index in [1.54, 1.807) is 12.4 Å². The van der Waals surface area contributed by atoms with Gasteiger partial charge in [-0.25, -0.2) is 9.37 Å². The van der Waals surface area contributed by atoms with E-state index >= 15 is 0 Å². The number of hydrogen-bond donors (Lipinski definition) is 2. The zero-order chi connectivity index (χ0) is 14.8. The van der Waals surface area contributed by atoms with Crippen molar-refractivity contribution in [2.24, 2.45) is 0 Å². The van der Waals surface area contributed by atoms with Gasteiger partial charge in [0.05, 0.1) is 17.7 Å². The predicted molar refractivity (Wildman–Crippen MR) is 80.4 cm³/mol. The van der Waals surface area contributed by atoms with Crippen LogP contribution in [0.2, 0.25) is 0 Å². The topological polar surface area (TPSA) is 44.0 Å². The summed E-state index contributed by atoms with van der Waals surface area (Å²) in [6.07, 6.45) is 2.66. The van der Waals surface area contributed by atoms with Crippen molar-refractivity contribution >= 4 is 0 Å². The van der Waals surface area contributed by atoms with E-state index in [0.29, 0.717) is 6.04 Å². The average molecular weight is 288 g/mol. The lowest BCUT2D eigenvalue weighted by Gasteiger charge is -2.31. The molecular formula is C16H21FN4. The van der Waals surface area contributed by atoms with Crippen molar-refractivity contribution in [3.05, 3.63) is 53.4 Å². The van der Waals surface area contributed by atoms with Gasteiger partial charge in [-0.3, -0.25) is 4.90 Å². The lowest BCUT2D eigenvalue weighted by atomic mass is 10.0. The number of halogens is 1. The van der Waals surface area contributed by atoms with Gasteiger partial charge in [-0.2, -0.15) is 0 Å². The highest BCUT2D eigenvalue weighted by molar-refractivity contribution is 5.21. The lowest BCUT2D eigenvalue weighted by molar-refractivity contribution is 0.221. The number of aromatic amines is 1. The summed E-state index contributed by atoms with van der Waals surface area (Å²) in [5.41, 5.74) is 3.07. The van der Waals surface area contributed by atoms with Crippen molar-refractivity contribution in [2.45, 2.75) is 32.0 Å². The number of nitrogens with zero attached hydrogens (tertiary/aromatic N) is 2. The Labute approximate surface area is 124 Å². The molecule has 0 saturated heterocycles. The van der Waals surface area contributed by atoms with Crippen LogP contribution in [0.3, 0.4) is 0 Å². The maximum atomic E-state index is 13.9. The van der Waals surface area contributed by atoms with E-state index in [4.69, 9.17) is 0 Å². The number of imidazole rings is 1.